The number of anilines is 3. The Morgan fingerprint density at radius 2 is 0.912 bits per heavy atom. The number of aromatic nitrogens is 3. The predicted octanol–water partition coefficient (Wildman–Crippen LogP) is 14.3. The van der Waals surface area contributed by atoms with Crippen LogP contribution in [0.2, 0.25) is 0 Å². The quantitative estimate of drug-likeness (QED) is 0.162. The monoisotopic (exact) mass is 748 g/mol. The van der Waals surface area contributed by atoms with E-state index in [1.54, 1.807) is 0 Å². The summed E-state index contributed by atoms with van der Waals surface area (Å²) in [7, 11) is 0. The van der Waals surface area contributed by atoms with Gasteiger partial charge in [-0.05, 0) is 53.6 Å². The molecule has 0 aliphatic carbocycles. The van der Waals surface area contributed by atoms with Crippen molar-refractivity contribution in [2.75, 3.05) is 4.90 Å². The van der Waals surface area contributed by atoms with E-state index in [9.17, 15) is 0 Å². The third-order valence-corrected chi connectivity index (χ3v) is 11.6. The van der Waals surface area contributed by atoms with Gasteiger partial charge < -0.3 is 9.32 Å². The number of furan rings is 1. The molecule has 0 atom stereocenters. The fraction of sp³-hybridized carbons (Fsp3) is 0. The molecule has 0 spiro atoms. The van der Waals surface area contributed by atoms with Crippen LogP contribution in [0.15, 0.2) is 199 Å². The second-order valence-corrected chi connectivity index (χ2v) is 15.1. The van der Waals surface area contributed by atoms with Crippen molar-refractivity contribution >= 4 is 70.5 Å². The van der Waals surface area contributed by atoms with Crippen molar-refractivity contribution < 1.29 is 4.42 Å². The van der Waals surface area contributed by atoms with Crippen molar-refractivity contribution in [1.29, 1.82) is 0 Å². The molecule has 8 aromatic carbocycles. The summed E-state index contributed by atoms with van der Waals surface area (Å²) in [5.41, 5.74) is 9.55. The first-order valence-corrected chi connectivity index (χ1v) is 19.7. The van der Waals surface area contributed by atoms with E-state index < -0.39 is 0 Å². The molecule has 0 bridgehead atoms. The van der Waals surface area contributed by atoms with Gasteiger partial charge in [-0.2, -0.15) is 0 Å². The van der Waals surface area contributed by atoms with Gasteiger partial charge in [-0.15, -0.1) is 11.3 Å². The Hall–Kier alpha value is -7.41. The zero-order valence-corrected chi connectivity index (χ0v) is 31.4. The van der Waals surface area contributed by atoms with Gasteiger partial charge >= 0.3 is 0 Å². The lowest BCUT2D eigenvalue weighted by atomic mass is 10.0. The number of nitrogens with zero attached hydrogens (tertiary/aromatic N) is 4. The standard InChI is InChI=1S/C51H32N4OS/c1-4-14-33(15-5-1)34-24-26-37(27-25-34)55(38-28-29-41-40-20-11-13-23-46(40)57-47(41)32-38)39-30-43(48-42-21-10-12-22-44(42)56-45(48)31-39)51-53-49(35-16-6-2-7-17-35)52-50(54-51)36-18-8-3-9-19-36/h1-32H. The summed E-state index contributed by atoms with van der Waals surface area (Å²) in [4.78, 5) is 17.7. The van der Waals surface area contributed by atoms with Gasteiger partial charge in [-0.3, -0.25) is 0 Å². The molecule has 0 fully saturated rings. The van der Waals surface area contributed by atoms with Crippen LogP contribution < -0.4 is 4.90 Å². The Balaban J connectivity index is 1.17. The SMILES string of the molecule is c1ccc(-c2ccc(N(c3cc(-c4nc(-c5ccccc5)nc(-c5ccccc5)n4)c4c(c3)oc3ccccc34)c3ccc4c(c3)sc3ccccc34)cc2)cc1. The Bertz CT molecular complexity index is 3170. The summed E-state index contributed by atoms with van der Waals surface area (Å²) >= 11 is 1.82. The molecule has 0 amide bonds. The van der Waals surface area contributed by atoms with Gasteiger partial charge in [-0.1, -0.05) is 146 Å². The van der Waals surface area contributed by atoms with E-state index in [1.807, 2.05) is 96.3 Å². The molecular formula is C51H32N4OS. The van der Waals surface area contributed by atoms with Crippen LogP contribution in [0, 0.1) is 0 Å². The molecule has 0 aliphatic rings. The molecular weight excluding hydrogens is 717 g/mol. The summed E-state index contributed by atoms with van der Waals surface area (Å²) in [6, 6.07) is 67.4. The highest BCUT2D eigenvalue weighted by Crippen LogP contribution is 2.45. The van der Waals surface area contributed by atoms with Crippen LogP contribution in [0.1, 0.15) is 0 Å². The normalized spacial score (nSPS) is 11.5. The highest BCUT2D eigenvalue weighted by atomic mass is 32.1. The summed E-state index contributed by atoms with van der Waals surface area (Å²) < 4.78 is 9.19. The molecule has 0 unspecified atom stereocenters. The Kier molecular flexibility index (Phi) is 7.93. The zero-order valence-electron chi connectivity index (χ0n) is 30.6. The number of fused-ring (bicyclic) bond motifs is 6. The maximum Gasteiger partial charge on any atom is 0.164 e. The van der Waals surface area contributed by atoms with Gasteiger partial charge in [-0.25, -0.2) is 15.0 Å². The highest BCUT2D eigenvalue weighted by Gasteiger charge is 2.23. The molecule has 0 N–H and O–H groups in total. The molecule has 57 heavy (non-hydrogen) atoms. The largest absolute Gasteiger partial charge is 0.456 e. The molecule has 6 heteroatoms. The van der Waals surface area contributed by atoms with E-state index in [0.717, 1.165) is 61.3 Å². The van der Waals surface area contributed by atoms with Crippen molar-refractivity contribution in [2.45, 2.75) is 0 Å². The second kappa shape index (κ2) is 13.7. The lowest BCUT2D eigenvalue weighted by Gasteiger charge is -2.26. The first kappa shape index (κ1) is 33.0. The first-order chi connectivity index (χ1) is 28.2. The molecule has 0 aliphatic heterocycles. The molecule has 3 aromatic heterocycles. The fourth-order valence-electron chi connectivity index (χ4n) is 7.81. The van der Waals surface area contributed by atoms with Crippen molar-refractivity contribution in [1.82, 2.24) is 15.0 Å². The molecule has 5 nitrogen and oxygen atoms in total. The lowest BCUT2D eigenvalue weighted by Crippen LogP contribution is -2.10. The molecule has 0 saturated carbocycles. The van der Waals surface area contributed by atoms with Crippen molar-refractivity contribution in [3.63, 3.8) is 0 Å². The van der Waals surface area contributed by atoms with Gasteiger partial charge in [0, 0.05) is 65.1 Å². The molecule has 0 radical (unpaired) electrons. The van der Waals surface area contributed by atoms with Crippen LogP contribution in [0.3, 0.4) is 0 Å². The van der Waals surface area contributed by atoms with Gasteiger partial charge in [0.25, 0.3) is 0 Å². The van der Waals surface area contributed by atoms with Crippen molar-refractivity contribution in [3.8, 4) is 45.3 Å². The maximum absolute atomic E-state index is 6.70. The van der Waals surface area contributed by atoms with Crippen LogP contribution >= 0.6 is 11.3 Å². The lowest BCUT2D eigenvalue weighted by molar-refractivity contribution is 0.669. The topological polar surface area (TPSA) is 55.1 Å². The van der Waals surface area contributed by atoms with E-state index in [2.05, 4.69) is 114 Å². The van der Waals surface area contributed by atoms with Gasteiger partial charge in [0.2, 0.25) is 0 Å². The number of rotatable bonds is 7. The Morgan fingerprint density at radius 1 is 0.368 bits per heavy atom. The van der Waals surface area contributed by atoms with Crippen molar-refractivity contribution in [2.24, 2.45) is 0 Å². The Labute approximate surface area is 332 Å². The van der Waals surface area contributed by atoms with Crippen LogP contribution in [0.5, 0.6) is 0 Å². The summed E-state index contributed by atoms with van der Waals surface area (Å²) in [6.45, 7) is 0. The molecule has 11 rings (SSSR count). The average Bonchev–Trinajstić information content (AvgIpc) is 3.85. The van der Waals surface area contributed by atoms with Crippen LogP contribution in [0.25, 0.3) is 87.4 Å². The maximum atomic E-state index is 6.70. The van der Waals surface area contributed by atoms with Crippen molar-refractivity contribution in [3.05, 3.63) is 194 Å². The predicted molar refractivity (Wildman–Crippen MR) is 236 cm³/mol. The van der Waals surface area contributed by atoms with E-state index >= 15 is 0 Å². The molecule has 268 valence electrons. The minimum Gasteiger partial charge on any atom is -0.456 e. The van der Waals surface area contributed by atoms with E-state index in [1.165, 1.54) is 25.7 Å². The molecule has 0 saturated heterocycles. The highest BCUT2D eigenvalue weighted by molar-refractivity contribution is 7.25. The number of benzene rings is 8. The summed E-state index contributed by atoms with van der Waals surface area (Å²) in [5, 5.41) is 4.48. The first-order valence-electron chi connectivity index (χ1n) is 18.9. The second-order valence-electron chi connectivity index (χ2n) is 14.0. The summed E-state index contributed by atoms with van der Waals surface area (Å²) in [5.74, 6) is 1.78. The fourth-order valence-corrected chi connectivity index (χ4v) is 8.95. The number of hydrogen-bond donors (Lipinski definition) is 0. The minimum atomic E-state index is 0.570. The average molecular weight is 749 g/mol. The third kappa shape index (κ3) is 5.91. The van der Waals surface area contributed by atoms with Crippen LogP contribution in [-0.4, -0.2) is 15.0 Å². The van der Waals surface area contributed by atoms with Crippen LogP contribution in [0.4, 0.5) is 17.1 Å². The van der Waals surface area contributed by atoms with Crippen LogP contribution in [-0.2, 0) is 0 Å². The smallest absolute Gasteiger partial charge is 0.164 e. The number of para-hydroxylation sites is 1. The van der Waals surface area contributed by atoms with E-state index in [4.69, 9.17) is 19.4 Å². The minimum absolute atomic E-state index is 0.570. The number of thiophene rings is 1. The molecule has 11 aromatic rings. The summed E-state index contributed by atoms with van der Waals surface area (Å²) in [6.07, 6.45) is 0. The zero-order chi connectivity index (χ0) is 37.7. The third-order valence-electron chi connectivity index (χ3n) is 10.5. The van der Waals surface area contributed by atoms with Gasteiger partial charge in [0.1, 0.15) is 11.2 Å². The molecule has 3 heterocycles. The van der Waals surface area contributed by atoms with Gasteiger partial charge in [0.15, 0.2) is 17.5 Å². The Morgan fingerprint density at radius 3 is 1.61 bits per heavy atom. The van der Waals surface area contributed by atoms with E-state index in [-0.39, 0.29) is 0 Å². The van der Waals surface area contributed by atoms with E-state index in [0.29, 0.717) is 17.5 Å². The van der Waals surface area contributed by atoms with Gasteiger partial charge in [0.05, 0.1) is 5.69 Å². The number of hydrogen-bond acceptors (Lipinski definition) is 6.